The van der Waals surface area contributed by atoms with E-state index in [0.29, 0.717) is 6.10 Å². The van der Waals surface area contributed by atoms with E-state index in [1.165, 1.54) is 55.8 Å². The van der Waals surface area contributed by atoms with Crippen molar-refractivity contribution in [1.82, 2.24) is 4.57 Å². The van der Waals surface area contributed by atoms with Gasteiger partial charge in [0.05, 0.1) is 11.7 Å². The van der Waals surface area contributed by atoms with Gasteiger partial charge >= 0.3 is 0 Å². The molecule has 2 aromatic rings. The molecule has 1 spiro atoms. The van der Waals surface area contributed by atoms with Gasteiger partial charge in [0.25, 0.3) is 0 Å². The van der Waals surface area contributed by atoms with Crippen LogP contribution in [0.4, 0.5) is 0 Å². The third-order valence-electron chi connectivity index (χ3n) is 5.18. The summed E-state index contributed by atoms with van der Waals surface area (Å²) in [7, 11) is 0. The van der Waals surface area contributed by atoms with E-state index >= 15 is 0 Å². The van der Waals surface area contributed by atoms with Crippen LogP contribution in [0.15, 0.2) is 36.5 Å². The predicted octanol–water partition coefficient (Wildman–Crippen LogP) is 4.52. The molecule has 1 aliphatic carbocycles. The highest BCUT2D eigenvalue weighted by Gasteiger charge is 2.40. The Kier molecular flexibility index (Phi) is 3.07. The topological polar surface area (TPSA) is 14.2 Å². The second kappa shape index (κ2) is 4.92. The van der Waals surface area contributed by atoms with Crippen LogP contribution in [-0.4, -0.2) is 16.3 Å². The number of hydrogen-bond donors (Lipinski definition) is 0. The lowest BCUT2D eigenvalue weighted by atomic mass is 9.83. The smallest absolute Gasteiger partial charge is 0.0762 e. The minimum Gasteiger partial charge on any atom is -0.370 e. The molecule has 0 bridgehead atoms. The summed E-state index contributed by atoms with van der Waals surface area (Å²) < 4.78 is 8.85. The SMILES string of the molecule is c1ccc2c(c1)ccn2CC1CCC2(CCCCC2)O1. The fourth-order valence-electron chi connectivity index (χ4n) is 4.11. The highest BCUT2D eigenvalue weighted by atomic mass is 16.5. The molecule has 1 aromatic heterocycles. The Morgan fingerprint density at radius 2 is 1.90 bits per heavy atom. The van der Waals surface area contributed by atoms with Gasteiger partial charge in [0.15, 0.2) is 0 Å². The summed E-state index contributed by atoms with van der Waals surface area (Å²) >= 11 is 0. The minimum absolute atomic E-state index is 0.242. The minimum atomic E-state index is 0.242. The van der Waals surface area contributed by atoms with Crippen molar-refractivity contribution in [2.75, 3.05) is 0 Å². The predicted molar refractivity (Wildman–Crippen MR) is 81.9 cm³/mol. The molecule has 1 unspecified atom stereocenters. The van der Waals surface area contributed by atoms with Crippen LogP contribution in [0.2, 0.25) is 0 Å². The van der Waals surface area contributed by atoms with E-state index in [4.69, 9.17) is 4.74 Å². The fraction of sp³-hybridized carbons (Fsp3) is 0.556. The van der Waals surface area contributed by atoms with Gasteiger partial charge in [-0.15, -0.1) is 0 Å². The molecule has 1 aromatic carbocycles. The first-order valence-corrected chi connectivity index (χ1v) is 8.06. The second-order valence-electron chi connectivity index (χ2n) is 6.55. The molecule has 0 amide bonds. The molecule has 0 radical (unpaired) electrons. The Morgan fingerprint density at radius 1 is 1.05 bits per heavy atom. The Bertz CT molecular complexity index is 594. The number of aromatic nitrogens is 1. The summed E-state index contributed by atoms with van der Waals surface area (Å²) in [6.07, 6.45) is 11.8. The number of nitrogens with zero attached hydrogens (tertiary/aromatic N) is 1. The van der Waals surface area contributed by atoms with Gasteiger partial charge in [-0.2, -0.15) is 0 Å². The molecule has 1 atom stereocenters. The van der Waals surface area contributed by atoms with Gasteiger partial charge in [-0.1, -0.05) is 37.5 Å². The highest BCUT2D eigenvalue weighted by molar-refractivity contribution is 5.79. The lowest BCUT2D eigenvalue weighted by Crippen LogP contribution is -2.32. The molecule has 0 N–H and O–H groups in total. The van der Waals surface area contributed by atoms with Crippen molar-refractivity contribution in [2.24, 2.45) is 0 Å². The Balaban J connectivity index is 1.50. The summed E-state index contributed by atoms with van der Waals surface area (Å²) in [5.74, 6) is 0. The van der Waals surface area contributed by atoms with Gasteiger partial charge in [0, 0.05) is 18.3 Å². The van der Waals surface area contributed by atoms with E-state index in [1.807, 2.05) is 0 Å². The van der Waals surface area contributed by atoms with Crippen LogP contribution in [0.1, 0.15) is 44.9 Å². The average molecular weight is 269 g/mol. The number of ether oxygens (including phenoxy) is 1. The monoisotopic (exact) mass is 269 g/mol. The van der Waals surface area contributed by atoms with E-state index in [1.54, 1.807) is 0 Å². The summed E-state index contributed by atoms with van der Waals surface area (Å²) in [4.78, 5) is 0. The molecule has 2 fully saturated rings. The first kappa shape index (κ1) is 12.5. The van der Waals surface area contributed by atoms with Crippen LogP contribution in [0, 0.1) is 0 Å². The first-order chi connectivity index (χ1) is 9.85. The number of rotatable bonds is 2. The van der Waals surface area contributed by atoms with Gasteiger partial charge in [-0.3, -0.25) is 0 Å². The largest absolute Gasteiger partial charge is 0.370 e. The molecular weight excluding hydrogens is 246 g/mol. The number of hydrogen-bond acceptors (Lipinski definition) is 1. The fourth-order valence-corrected chi connectivity index (χ4v) is 4.11. The van der Waals surface area contributed by atoms with Crippen molar-refractivity contribution in [3.63, 3.8) is 0 Å². The van der Waals surface area contributed by atoms with Crippen LogP contribution in [-0.2, 0) is 11.3 Å². The molecule has 2 heteroatoms. The van der Waals surface area contributed by atoms with Crippen LogP contribution < -0.4 is 0 Å². The van der Waals surface area contributed by atoms with E-state index in [2.05, 4.69) is 41.1 Å². The molecule has 4 rings (SSSR count). The molecule has 1 aliphatic heterocycles. The third-order valence-corrected chi connectivity index (χ3v) is 5.18. The Morgan fingerprint density at radius 3 is 2.80 bits per heavy atom. The standard InChI is InChI=1S/C18H23NO/c1-4-10-18(11-5-1)12-8-16(20-18)14-19-13-9-15-6-2-3-7-17(15)19/h2-3,6-7,9,13,16H,1,4-5,8,10-12,14H2. The summed E-state index contributed by atoms with van der Waals surface area (Å²) in [6.45, 7) is 1.01. The third kappa shape index (κ3) is 2.16. The zero-order chi connectivity index (χ0) is 13.4. The maximum absolute atomic E-state index is 6.49. The van der Waals surface area contributed by atoms with Crippen molar-refractivity contribution < 1.29 is 4.74 Å². The molecule has 1 saturated carbocycles. The molecule has 1 saturated heterocycles. The van der Waals surface area contributed by atoms with Crippen molar-refractivity contribution in [3.05, 3.63) is 36.5 Å². The zero-order valence-corrected chi connectivity index (χ0v) is 12.1. The zero-order valence-electron chi connectivity index (χ0n) is 12.1. The number of para-hydroxylation sites is 1. The van der Waals surface area contributed by atoms with Crippen LogP contribution in [0.25, 0.3) is 10.9 Å². The number of fused-ring (bicyclic) bond motifs is 1. The van der Waals surface area contributed by atoms with Gasteiger partial charge in [-0.25, -0.2) is 0 Å². The molecule has 2 heterocycles. The summed E-state index contributed by atoms with van der Waals surface area (Å²) in [5, 5.41) is 1.33. The molecule has 106 valence electrons. The molecular formula is C18H23NO. The van der Waals surface area contributed by atoms with E-state index in [-0.39, 0.29) is 5.60 Å². The second-order valence-corrected chi connectivity index (χ2v) is 6.55. The van der Waals surface area contributed by atoms with E-state index < -0.39 is 0 Å². The molecule has 2 aliphatic rings. The maximum Gasteiger partial charge on any atom is 0.0762 e. The van der Waals surface area contributed by atoms with Crippen molar-refractivity contribution in [2.45, 2.75) is 63.2 Å². The molecule has 2 nitrogen and oxygen atoms in total. The normalized spacial score (nSPS) is 25.5. The van der Waals surface area contributed by atoms with Crippen LogP contribution in [0.5, 0.6) is 0 Å². The summed E-state index contributed by atoms with van der Waals surface area (Å²) in [6, 6.07) is 10.8. The molecule has 20 heavy (non-hydrogen) atoms. The van der Waals surface area contributed by atoms with Crippen molar-refractivity contribution in [1.29, 1.82) is 0 Å². The Labute approximate surface area is 120 Å². The van der Waals surface area contributed by atoms with Gasteiger partial charge in [0.1, 0.15) is 0 Å². The lowest BCUT2D eigenvalue weighted by Gasteiger charge is -2.33. The first-order valence-electron chi connectivity index (χ1n) is 8.06. The summed E-state index contributed by atoms with van der Waals surface area (Å²) in [5.41, 5.74) is 1.58. The average Bonchev–Trinajstić information content (AvgIpc) is 3.06. The lowest BCUT2D eigenvalue weighted by molar-refractivity contribution is -0.0676. The van der Waals surface area contributed by atoms with Crippen molar-refractivity contribution >= 4 is 10.9 Å². The van der Waals surface area contributed by atoms with E-state index in [0.717, 1.165) is 6.54 Å². The van der Waals surface area contributed by atoms with Crippen LogP contribution >= 0.6 is 0 Å². The quantitative estimate of drug-likeness (QED) is 0.781. The van der Waals surface area contributed by atoms with E-state index in [9.17, 15) is 0 Å². The highest BCUT2D eigenvalue weighted by Crippen LogP contribution is 2.42. The van der Waals surface area contributed by atoms with Crippen LogP contribution in [0.3, 0.4) is 0 Å². The van der Waals surface area contributed by atoms with Gasteiger partial charge in [-0.05, 0) is 43.2 Å². The van der Waals surface area contributed by atoms with Gasteiger partial charge < -0.3 is 9.30 Å². The van der Waals surface area contributed by atoms with Crippen molar-refractivity contribution in [3.8, 4) is 0 Å². The van der Waals surface area contributed by atoms with Gasteiger partial charge in [0.2, 0.25) is 0 Å². The number of benzene rings is 1. The Hall–Kier alpha value is -1.28. The maximum atomic E-state index is 6.49.